The third-order valence-electron chi connectivity index (χ3n) is 3.89. The van der Waals surface area contributed by atoms with E-state index >= 15 is 0 Å². The zero-order valence-electron chi connectivity index (χ0n) is 10.2. The van der Waals surface area contributed by atoms with Gasteiger partial charge in [0.25, 0.3) is 0 Å². The molecule has 4 heteroatoms. The second-order valence-electron chi connectivity index (χ2n) is 5.09. The lowest BCUT2D eigenvalue weighted by molar-refractivity contribution is 0.555. The van der Waals surface area contributed by atoms with Crippen LogP contribution in [0.25, 0.3) is 0 Å². The highest BCUT2D eigenvalue weighted by atomic mass is 19.1. The summed E-state index contributed by atoms with van der Waals surface area (Å²) < 4.78 is 13.5. The zero-order valence-corrected chi connectivity index (χ0v) is 10.2. The number of nitrogens with zero attached hydrogens (tertiary/aromatic N) is 2. The molecule has 2 aliphatic rings. The van der Waals surface area contributed by atoms with E-state index in [1.54, 1.807) is 6.08 Å². The van der Waals surface area contributed by atoms with Crippen LogP contribution in [-0.2, 0) is 10.3 Å². The van der Waals surface area contributed by atoms with Crippen LogP contribution >= 0.6 is 0 Å². The number of benzene rings is 1. The molecule has 94 valence electrons. The molecule has 0 amide bonds. The summed E-state index contributed by atoms with van der Waals surface area (Å²) in [5, 5.41) is 0. The molecule has 1 aromatic carbocycles. The van der Waals surface area contributed by atoms with Crippen molar-refractivity contribution in [3.05, 3.63) is 29.6 Å². The first-order valence-electron chi connectivity index (χ1n) is 6.39. The third-order valence-corrected chi connectivity index (χ3v) is 3.89. The second-order valence-corrected chi connectivity index (χ2v) is 5.09. The number of carbonyl (C=O) groups excluding carboxylic acids is 1. The first-order valence-corrected chi connectivity index (χ1v) is 6.39. The highest BCUT2D eigenvalue weighted by Gasteiger charge is 2.47. The van der Waals surface area contributed by atoms with Gasteiger partial charge in [0.1, 0.15) is 11.4 Å². The molecule has 2 fully saturated rings. The summed E-state index contributed by atoms with van der Waals surface area (Å²) in [5.74, 6) is -0.264. The lowest BCUT2D eigenvalue weighted by atomic mass is 10.0. The fraction of sp³-hybridized carbons (Fsp3) is 0.500. The number of anilines is 1. The van der Waals surface area contributed by atoms with E-state index < -0.39 is 5.54 Å². The first kappa shape index (κ1) is 11.4. The van der Waals surface area contributed by atoms with Gasteiger partial charge in [-0.3, -0.25) is 0 Å². The smallest absolute Gasteiger partial charge is 0.235 e. The van der Waals surface area contributed by atoms with Gasteiger partial charge in [-0.25, -0.2) is 9.18 Å². The summed E-state index contributed by atoms with van der Waals surface area (Å²) in [6.07, 6.45) is 5.60. The van der Waals surface area contributed by atoms with Gasteiger partial charge in [0.2, 0.25) is 6.08 Å². The maximum atomic E-state index is 13.5. The molecule has 18 heavy (non-hydrogen) atoms. The fourth-order valence-electron chi connectivity index (χ4n) is 2.76. The predicted octanol–water partition coefficient (Wildman–Crippen LogP) is 2.75. The van der Waals surface area contributed by atoms with Gasteiger partial charge in [-0.15, -0.1) is 0 Å². The quantitative estimate of drug-likeness (QED) is 0.607. The molecule has 3 rings (SSSR count). The SMILES string of the molecule is O=C=NC1(c2cc(F)ccc2N2CCCC2)CC1. The van der Waals surface area contributed by atoms with E-state index in [9.17, 15) is 9.18 Å². The molecule has 1 saturated heterocycles. The lowest BCUT2D eigenvalue weighted by Gasteiger charge is -2.23. The molecular weight excluding hydrogens is 231 g/mol. The molecule has 0 aromatic heterocycles. The molecule has 1 aromatic rings. The van der Waals surface area contributed by atoms with Crippen molar-refractivity contribution >= 4 is 11.8 Å². The van der Waals surface area contributed by atoms with Crippen molar-refractivity contribution in [1.29, 1.82) is 0 Å². The van der Waals surface area contributed by atoms with Crippen molar-refractivity contribution in [2.75, 3.05) is 18.0 Å². The molecule has 1 aliphatic carbocycles. The molecule has 0 radical (unpaired) electrons. The van der Waals surface area contributed by atoms with E-state index in [-0.39, 0.29) is 5.82 Å². The number of hydrogen-bond donors (Lipinski definition) is 0. The van der Waals surface area contributed by atoms with Crippen molar-refractivity contribution in [2.45, 2.75) is 31.2 Å². The fourth-order valence-corrected chi connectivity index (χ4v) is 2.76. The maximum Gasteiger partial charge on any atom is 0.235 e. The van der Waals surface area contributed by atoms with Crippen molar-refractivity contribution in [1.82, 2.24) is 0 Å². The van der Waals surface area contributed by atoms with Crippen LogP contribution in [0.4, 0.5) is 10.1 Å². The average Bonchev–Trinajstić information content (AvgIpc) is 2.95. The molecule has 1 saturated carbocycles. The van der Waals surface area contributed by atoms with E-state index in [0.29, 0.717) is 0 Å². The van der Waals surface area contributed by atoms with E-state index in [0.717, 1.165) is 37.2 Å². The molecule has 0 atom stereocenters. The maximum absolute atomic E-state index is 13.5. The molecule has 1 heterocycles. The van der Waals surface area contributed by atoms with E-state index in [1.807, 2.05) is 6.07 Å². The van der Waals surface area contributed by atoms with Crippen LogP contribution in [0.3, 0.4) is 0 Å². The predicted molar refractivity (Wildman–Crippen MR) is 66.9 cm³/mol. The van der Waals surface area contributed by atoms with Crippen molar-refractivity contribution in [3.63, 3.8) is 0 Å². The average molecular weight is 246 g/mol. The van der Waals surface area contributed by atoms with Gasteiger partial charge in [-0.2, -0.15) is 4.99 Å². The number of halogens is 1. The number of hydrogen-bond acceptors (Lipinski definition) is 3. The summed E-state index contributed by atoms with van der Waals surface area (Å²) >= 11 is 0. The molecule has 3 nitrogen and oxygen atoms in total. The van der Waals surface area contributed by atoms with Crippen LogP contribution in [0.2, 0.25) is 0 Å². The monoisotopic (exact) mass is 246 g/mol. The number of isocyanates is 1. The Bertz CT molecular complexity index is 513. The third kappa shape index (κ3) is 1.83. The van der Waals surface area contributed by atoms with E-state index in [1.165, 1.54) is 25.0 Å². The Hall–Kier alpha value is -1.67. The minimum atomic E-state index is -0.498. The van der Waals surface area contributed by atoms with Gasteiger partial charge in [0.05, 0.1) is 0 Å². The summed E-state index contributed by atoms with van der Waals surface area (Å²) in [6.45, 7) is 2.00. The van der Waals surface area contributed by atoms with Gasteiger partial charge in [-0.1, -0.05) is 0 Å². The second kappa shape index (κ2) is 4.21. The van der Waals surface area contributed by atoms with Crippen LogP contribution in [0.1, 0.15) is 31.2 Å². The normalized spacial score (nSPS) is 20.6. The van der Waals surface area contributed by atoms with Crippen LogP contribution in [-0.4, -0.2) is 19.2 Å². The molecule has 0 N–H and O–H groups in total. The van der Waals surface area contributed by atoms with Gasteiger partial charge in [-0.05, 0) is 43.9 Å². The molecule has 0 unspecified atom stereocenters. The van der Waals surface area contributed by atoms with Crippen LogP contribution in [0.15, 0.2) is 23.2 Å². The summed E-state index contributed by atoms with van der Waals surface area (Å²) in [5.41, 5.74) is 1.39. The summed E-state index contributed by atoms with van der Waals surface area (Å²) in [6, 6.07) is 4.83. The number of aliphatic imine (C=N–C) groups is 1. The Morgan fingerprint density at radius 1 is 1.28 bits per heavy atom. The molecule has 0 bridgehead atoms. The zero-order chi connectivity index (χ0) is 12.6. The summed E-state index contributed by atoms with van der Waals surface area (Å²) in [7, 11) is 0. The van der Waals surface area contributed by atoms with E-state index in [4.69, 9.17) is 0 Å². The largest absolute Gasteiger partial charge is 0.371 e. The first-order chi connectivity index (χ1) is 8.75. The Labute approximate surface area is 105 Å². The summed E-state index contributed by atoms with van der Waals surface area (Å²) in [4.78, 5) is 16.7. The Morgan fingerprint density at radius 3 is 2.61 bits per heavy atom. The Kier molecular flexibility index (Phi) is 2.67. The topological polar surface area (TPSA) is 32.7 Å². The van der Waals surface area contributed by atoms with Crippen LogP contribution in [0.5, 0.6) is 0 Å². The van der Waals surface area contributed by atoms with Crippen LogP contribution in [0, 0.1) is 5.82 Å². The van der Waals surface area contributed by atoms with E-state index in [2.05, 4.69) is 9.89 Å². The standard InChI is InChI=1S/C14H15FN2O/c15-11-3-4-13(17-7-1-2-8-17)12(9-11)14(5-6-14)16-10-18/h3-4,9H,1-2,5-8H2. The van der Waals surface area contributed by atoms with Gasteiger partial charge in [0.15, 0.2) is 0 Å². The lowest BCUT2D eigenvalue weighted by Crippen LogP contribution is -2.21. The van der Waals surface area contributed by atoms with Crippen molar-refractivity contribution < 1.29 is 9.18 Å². The highest BCUT2D eigenvalue weighted by molar-refractivity contribution is 5.60. The number of rotatable bonds is 3. The van der Waals surface area contributed by atoms with Crippen molar-refractivity contribution in [2.24, 2.45) is 4.99 Å². The van der Waals surface area contributed by atoms with Crippen molar-refractivity contribution in [3.8, 4) is 0 Å². The Morgan fingerprint density at radius 2 is 2.00 bits per heavy atom. The highest BCUT2D eigenvalue weighted by Crippen LogP contribution is 2.52. The molecule has 0 spiro atoms. The molecule has 1 aliphatic heterocycles. The molecular formula is C14H15FN2O. The minimum absolute atomic E-state index is 0.264. The Balaban J connectivity index is 2.06. The van der Waals surface area contributed by atoms with Gasteiger partial charge >= 0.3 is 0 Å². The van der Waals surface area contributed by atoms with Gasteiger partial charge < -0.3 is 4.90 Å². The van der Waals surface area contributed by atoms with Gasteiger partial charge in [0, 0.05) is 24.3 Å². The van der Waals surface area contributed by atoms with Crippen LogP contribution < -0.4 is 4.90 Å². The minimum Gasteiger partial charge on any atom is -0.371 e.